The van der Waals surface area contributed by atoms with E-state index >= 15 is 0 Å². The highest BCUT2D eigenvalue weighted by Crippen LogP contribution is 2.17. The quantitative estimate of drug-likeness (QED) is 0.705. The van der Waals surface area contributed by atoms with Gasteiger partial charge in [0.15, 0.2) is 0 Å². The van der Waals surface area contributed by atoms with Crippen LogP contribution in [-0.4, -0.2) is 27.1 Å². The van der Waals surface area contributed by atoms with Crippen molar-refractivity contribution in [2.24, 2.45) is 0 Å². The Hall–Kier alpha value is -3.08. The summed E-state index contributed by atoms with van der Waals surface area (Å²) < 4.78 is 1.87. The first-order chi connectivity index (χ1) is 12.7. The van der Waals surface area contributed by atoms with Crippen LogP contribution in [0.2, 0.25) is 0 Å². The highest BCUT2D eigenvalue weighted by atomic mass is 16.2. The van der Waals surface area contributed by atoms with Crippen LogP contribution in [0.4, 0.5) is 5.69 Å². The third-order valence-corrected chi connectivity index (χ3v) is 4.35. The van der Waals surface area contributed by atoms with Gasteiger partial charge in [0.2, 0.25) is 5.91 Å². The number of amides is 1. The molecule has 0 spiro atoms. The van der Waals surface area contributed by atoms with E-state index in [-0.39, 0.29) is 5.91 Å². The molecular weight excluding hydrogens is 324 g/mol. The van der Waals surface area contributed by atoms with E-state index in [1.54, 1.807) is 13.1 Å². The van der Waals surface area contributed by atoms with Crippen molar-refractivity contribution < 1.29 is 4.79 Å². The molecule has 1 heterocycles. The Labute approximate surface area is 154 Å². The van der Waals surface area contributed by atoms with E-state index in [1.807, 2.05) is 53.0 Å². The molecule has 0 radical (unpaired) electrons. The number of rotatable bonds is 7. The van der Waals surface area contributed by atoms with Gasteiger partial charge in [-0.1, -0.05) is 30.3 Å². The normalized spacial score (nSPS) is 10.5. The molecule has 3 aromatic rings. The summed E-state index contributed by atoms with van der Waals surface area (Å²) in [7, 11) is 0. The van der Waals surface area contributed by atoms with Crippen LogP contribution in [0, 0.1) is 0 Å². The third kappa shape index (κ3) is 4.30. The molecule has 134 valence electrons. The van der Waals surface area contributed by atoms with Crippen LogP contribution in [0.25, 0.3) is 5.69 Å². The number of carbonyl (C=O) groups excluding carboxylic acids is 1. The number of anilines is 1. The smallest absolute Gasteiger partial charge is 0.219 e. The Morgan fingerprint density at radius 1 is 1.15 bits per heavy atom. The van der Waals surface area contributed by atoms with Gasteiger partial charge in [-0.3, -0.25) is 4.79 Å². The van der Waals surface area contributed by atoms with Crippen LogP contribution in [0.3, 0.4) is 0 Å². The van der Waals surface area contributed by atoms with Gasteiger partial charge in [0.1, 0.15) is 0 Å². The second kappa shape index (κ2) is 8.34. The Morgan fingerprint density at radius 3 is 2.73 bits per heavy atom. The first kappa shape index (κ1) is 17.7. The highest BCUT2D eigenvalue weighted by molar-refractivity contribution is 5.73. The average Bonchev–Trinajstić information content (AvgIpc) is 3.19. The summed E-state index contributed by atoms with van der Waals surface area (Å²) in [4.78, 5) is 13.5. The number of para-hydroxylation sites is 1. The number of aromatic nitrogens is 2. The van der Waals surface area contributed by atoms with Gasteiger partial charge in [-0.05, 0) is 42.3 Å². The third-order valence-electron chi connectivity index (χ3n) is 4.35. The van der Waals surface area contributed by atoms with Gasteiger partial charge < -0.3 is 10.2 Å². The number of carbonyl (C=O) groups is 1. The van der Waals surface area contributed by atoms with Gasteiger partial charge in [0.25, 0.3) is 0 Å². The molecule has 0 saturated carbocycles. The van der Waals surface area contributed by atoms with Gasteiger partial charge in [0, 0.05) is 44.6 Å². The largest absolute Gasteiger partial charge is 0.381 e. The Bertz CT molecular complexity index is 858. The number of hydrogen-bond acceptors (Lipinski definition) is 3. The zero-order valence-corrected chi connectivity index (χ0v) is 15.2. The minimum absolute atomic E-state index is 0.0963. The predicted octanol–water partition coefficient (Wildman–Crippen LogP) is 3.85. The van der Waals surface area contributed by atoms with Crippen molar-refractivity contribution in [1.82, 2.24) is 14.7 Å². The van der Waals surface area contributed by atoms with Crippen molar-refractivity contribution in [3.63, 3.8) is 0 Å². The minimum atomic E-state index is 0.0963. The number of nitrogens with zero attached hydrogens (tertiary/aromatic N) is 3. The standard InChI is InChI=1S/C21H24N4O/c1-3-24(17(2)26)16-18-8-6-10-20(14-18)22-15-19-9-4-5-11-21(19)25-13-7-12-23-25/h4-14,22H,3,15-16H2,1-2H3. The molecule has 0 fully saturated rings. The average molecular weight is 348 g/mol. The molecule has 5 heteroatoms. The van der Waals surface area contributed by atoms with Gasteiger partial charge in [-0.15, -0.1) is 0 Å². The van der Waals surface area contributed by atoms with Crippen molar-refractivity contribution in [1.29, 1.82) is 0 Å². The molecule has 0 aliphatic heterocycles. The molecule has 1 amide bonds. The van der Waals surface area contributed by atoms with Crippen LogP contribution >= 0.6 is 0 Å². The molecule has 1 aromatic heterocycles. The lowest BCUT2D eigenvalue weighted by molar-refractivity contribution is -0.129. The minimum Gasteiger partial charge on any atom is -0.381 e. The van der Waals surface area contributed by atoms with Crippen molar-refractivity contribution in [3.05, 3.63) is 78.1 Å². The Balaban J connectivity index is 1.71. The molecule has 3 rings (SSSR count). The second-order valence-electron chi connectivity index (χ2n) is 6.17. The van der Waals surface area contributed by atoms with E-state index < -0.39 is 0 Å². The first-order valence-corrected chi connectivity index (χ1v) is 8.83. The number of nitrogens with one attached hydrogen (secondary N) is 1. The van der Waals surface area contributed by atoms with Gasteiger partial charge in [-0.2, -0.15) is 5.10 Å². The van der Waals surface area contributed by atoms with E-state index in [4.69, 9.17) is 0 Å². The van der Waals surface area contributed by atoms with E-state index in [9.17, 15) is 4.79 Å². The molecule has 26 heavy (non-hydrogen) atoms. The maximum Gasteiger partial charge on any atom is 0.219 e. The van der Waals surface area contributed by atoms with E-state index in [0.717, 1.165) is 16.9 Å². The summed E-state index contributed by atoms with van der Waals surface area (Å²) >= 11 is 0. The monoisotopic (exact) mass is 348 g/mol. The molecule has 1 N–H and O–H groups in total. The zero-order valence-electron chi connectivity index (χ0n) is 15.2. The van der Waals surface area contributed by atoms with E-state index in [0.29, 0.717) is 19.6 Å². The lowest BCUT2D eigenvalue weighted by Crippen LogP contribution is -2.27. The Kier molecular flexibility index (Phi) is 5.69. The molecule has 5 nitrogen and oxygen atoms in total. The molecule has 2 aromatic carbocycles. The summed E-state index contributed by atoms with van der Waals surface area (Å²) in [5.41, 5.74) is 4.39. The van der Waals surface area contributed by atoms with Crippen LogP contribution in [0.15, 0.2) is 67.0 Å². The van der Waals surface area contributed by atoms with Crippen molar-refractivity contribution in [3.8, 4) is 5.69 Å². The van der Waals surface area contributed by atoms with Gasteiger partial charge in [-0.25, -0.2) is 4.68 Å². The van der Waals surface area contributed by atoms with Crippen molar-refractivity contribution in [2.45, 2.75) is 26.9 Å². The topological polar surface area (TPSA) is 50.2 Å². The van der Waals surface area contributed by atoms with Crippen molar-refractivity contribution >= 4 is 11.6 Å². The summed E-state index contributed by atoms with van der Waals surface area (Å²) in [6.45, 7) is 5.65. The second-order valence-corrected chi connectivity index (χ2v) is 6.17. The highest BCUT2D eigenvalue weighted by Gasteiger charge is 2.08. The predicted molar refractivity (Wildman–Crippen MR) is 104 cm³/mol. The summed E-state index contributed by atoms with van der Waals surface area (Å²) in [5.74, 6) is 0.0963. The summed E-state index contributed by atoms with van der Waals surface area (Å²) in [6.07, 6.45) is 3.72. The number of hydrogen-bond donors (Lipinski definition) is 1. The SMILES string of the molecule is CCN(Cc1cccc(NCc2ccccc2-n2cccn2)c1)C(C)=O. The number of benzene rings is 2. The first-order valence-electron chi connectivity index (χ1n) is 8.83. The maximum absolute atomic E-state index is 11.6. The maximum atomic E-state index is 11.6. The van der Waals surface area contributed by atoms with Gasteiger partial charge >= 0.3 is 0 Å². The summed E-state index contributed by atoms with van der Waals surface area (Å²) in [5, 5.41) is 7.81. The molecule has 0 aliphatic carbocycles. The van der Waals surface area contributed by atoms with Crippen LogP contribution in [0.1, 0.15) is 25.0 Å². The summed E-state index contributed by atoms with van der Waals surface area (Å²) in [6, 6.07) is 18.3. The molecule has 0 atom stereocenters. The molecule has 0 unspecified atom stereocenters. The molecule has 0 aliphatic rings. The lowest BCUT2D eigenvalue weighted by Gasteiger charge is -2.19. The molecular formula is C21H24N4O. The fourth-order valence-corrected chi connectivity index (χ4v) is 2.94. The fourth-order valence-electron chi connectivity index (χ4n) is 2.94. The van der Waals surface area contributed by atoms with Crippen LogP contribution < -0.4 is 5.32 Å². The van der Waals surface area contributed by atoms with Crippen molar-refractivity contribution in [2.75, 3.05) is 11.9 Å². The van der Waals surface area contributed by atoms with E-state index in [2.05, 4.69) is 34.7 Å². The zero-order chi connectivity index (χ0) is 18.4. The molecule has 0 bridgehead atoms. The fraction of sp³-hybridized carbons (Fsp3) is 0.238. The Morgan fingerprint density at radius 2 is 2.00 bits per heavy atom. The molecule has 0 saturated heterocycles. The lowest BCUT2D eigenvalue weighted by atomic mass is 10.1. The van der Waals surface area contributed by atoms with Gasteiger partial charge in [0.05, 0.1) is 5.69 Å². The van der Waals surface area contributed by atoms with Crippen LogP contribution in [0.5, 0.6) is 0 Å². The van der Waals surface area contributed by atoms with Crippen LogP contribution in [-0.2, 0) is 17.9 Å². The van der Waals surface area contributed by atoms with E-state index in [1.165, 1.54) is 5.56 Å².